The summed E-state index contributed by atoms with van der Waals surface area (Å²) in [4.78, 5) is 20.8. The molecule has 0 spiro atoms. The van der Waals surface area contributed by atoms with E-state index in [-0.39, 0.29) is 24.1 Å². The molecule has 1 N–H and O–H groups in total. The number of nitrogens with one attached hydrogen (secondary N) is 1. The first-order chi connectivity index (χ1) is 13.0. The van der Waals surface area contributed by atoms with Crippen LogP contribution in [0.4, 0.5) is 0 Å². The molecule has 2 aromatic rings. The van der Waals surface area contributed by atoms with Crippen LogP contribution in [0.25, 0.3) is 5.82 Å². The van der Waals surface area contributed by atoms with Gasteiger partial charge in [-0.1, -0.05) is 13.0 Å². The fourth-order valence-corrected chi connectivity index (χ4v) is 4.80. The molecule has 1 unspecified atom stereocenters. The second kappa shape index (κ2) is 8.57. The average Bonchev–Trinajstić information content (AvgIpc) is 3.21. The maximum Gasteiger partial charge on any atom is 0.224 e. The smallest absolute Gasteiger partial charge is 0.224 e. The van der Waals surface area contributed by atoms with Crippen LogP contribution in [-0.4, -0.2) is 57.2 Å². The Morgan fingerprint density at radius 2 is 2.26 bits per heavy atom. The number of rotatable bonds is 7. The fourth-order valence-electron chi connectivity index (χ4n) is 3.21. The molecule has 0 saturated carbocycles. The first-order valence-corrected chi connectivity index (χ1v) is 10.7. The largest absolute Gasteiger partial charge is 0.352 e. The highest BCUT2D eigenvalue weighted by Crippen LogP contribution is 2.20. The van der Waals surface area contributed by atoms with E-state index in [9.17, 15) is 13.2 Å². The van der Waals surface area contributed by atoms with E-state index in [1.807, 2.05) is 13.0 Å². The van der Waals surface area contributed by atoms with Gasteiger partial charge in [0.25, 0.3) is 0 Å². The third kappa shape index (κ3) is 4.69. The Morgan fingerprint density at radius 3 is 3.00 bits per heavy atom. The fraction of sp³-hybridized carbons (Fsp3) is 0.529. The first kappa shape index (κ1) is 19.4. The number of sulfonamides is 1. The van der Waals surface area contributed by atoms with E-state index < -0.39 is 10.0 Å². The molecule has 146 valence electrons. The van der Waals surface area contributed by atoms with E-state index in [0.717, 1.165) is 5.56 Å². The monoisotopic (exact) mass is 392 g/mol. The predicted octanol–water partition coefficient (Wildman–Crippen LogP) is 0.730. The second-order valence-corrected chi connectivity index (χ2v) is 8.65. The highest BCUT2D eigenvalue weighted by Gasteiger charge is 2.31. The van der Waals surface area contributed by atoms with E-state index >= 15 is 0 Å². The SMILES string of the molecule is CCCS(=O)(=O)N1CCCC(C(=O)NCc2cccnc2-n2cncn2)C1. The standard InChI is InChI=1S/C17H24N6O3S/c1-2-9-27(25,26)22-8-4-6-15(11-22)17(24)20-10-14-5-3-7-19-16(14)23-13-18-12-21-23/h3,5,7,12-13,15H,2,4,6,8-11H2,1H3,(H,20,24). The lowest BCUT2D eigenvalue weighted by molar-refractivity contribution is -0.126. The summed E-state index contributed by atoms with van der Waals surface area (Å²) in [6.07, 6.45) is 6.57. The molecular weight excluding hydrogens is 368 g/mol. The van der Waals surface area contributed by atoms with Gasteiger partial charge in [-0.15, -0.1) is 0 Å². The van der Waals surface area contributed by atoms with Crippen LogP contribution in [0.3, 0.4) is 0 Å². The zero-order valence-electron chi connectivity index (χ0n) is 15.3. The summed E-state index contributed by atoms with van der Waals surface area (Å²) in [5.41, 5.74) is 0.808. The van der Waals surface area contributed by atoms with E-state index in [4.69, 9.17) is 0 Å². The molecule has 0 aromatic carbocycles. The quantitative estimate of drug-likeness (QED) is 0.744. The second-order valence-electron chi connectivity index (χ2n) is 6.56. The molecule has 0 aliphatic carbocycles. The van der Waals surface area contributed by atoms with Gasteiger partial charge in [-0.25, -0.2) is 27.4 Å². The third-order valence-corrected chi connectivity index (χ3v) is 6.61. The molecule has 27 heavy (non-hydrogen) atoms. The normalized spacial score (nSPS) is 18.3. The van der Waals surface area contributed by atoms with E-state index in [1.54, 1.807) is 23.3 Å². The summed E-state index contributed by atoms with van der Waals surface area (Å²) >= 11 is 0. The van der Waals surface area contributed by atoms with Gasteiger partial charge in [-0.3, -0.25) is 4.79 Å². The number of carbonyl (C=O) groups excluding carboxylic acids is 1. The molecule has 0 bridgehead atoms. The molecule has 1 atom stereocenters. The Hall–Kier alpha value is -2.33. The van der Waals surface area contributed by atoms with Crippen molar-refractivity contribution in [3.8, 4) is 5.82 Å². The molecule has 10 heteroatoms. The highest BCUT2D eigenvalue weighted by atomic mass is 32.2. The van der Waals surface area contributed by atoms with Gasteiger partial charge in [0.1, 0.15) is 12.7 Å². The van der Waals surface area contributed by atoms with E-state index in [2.05, 4.69) is 20.4 Å². The maximum atomic E-state index is 12.6. The van der Waals surface area contributed by atoms with Gasteiger partial charge in [-0.2, -0.15) is 5.10 Å². The van der Waals surface area contributed by atoms with Crippen molar-refractivity contribution in [3.63, 3.8) is 0 Å². The van der Waals surface area contributed by atoms with Crippen molar-refractivity contribution in [2.45, 2.75) is 32.7 Å². The number of pyridine rings is 1. The number of piperidine rings is 1. The molecule has 1 saturated heterocycles. The zero-order chi connectivity index (χ0) is 19.3. The van der Waals surface area contributed by atoms with Crippen LogP contribution in [0.1, 0.15) is 31.7 Å². The molecule has 1 aliphatic rings. The first-order valence-electron chi connectivity index (χ1n) is 9.05. The van der Waals surface area contributed by atoms with Crippen LogP contribution in [0.15, 0.2) is 31.0 Å². The Morgan fingerprint density at radius 1 is 1.41 bits per heavy atom. The summed E-state index contributed by atoms with van der Waals surface area (Å²) < 4.78 is 27.6. The van der Waals surface area contributed by atoms with Gasteiger partial charge in [0.05, 0.1) is 11.7 Å². The van der Waals surface area contributed by atoms with Crippen molar-refractivity contribution in [2.75, 3.05) is 18.8 Å². The van der Waals surface area contributed by atoms with Crippen LogP contribution in [0, 0.1) is 5.92 Å². The zero-order valence-corrected chi connectivity index (χ0v) is 16.1. The van der Waals surface area contributed by atoms with Crippen LogP contribution < -0.4 is 5.32 Å². The van der Waals surface area contributed by atoms with Crippen molar-refractivity contribution in [1.82, 2.24) is 29.4 Å². The minimum absolute atomic E-state index is 0.123. The minimum atomic E-state index is -3.28. The summed E-state index contributed by atoms with van der Waals surface area (Å²) in [7, 11) is -3.28. The highest BCUT2D eigenvalue weighted by molar-refractivity contribution is 7.89. The van der Waals surface area contributed by atoms with Crippen molar-refractivity contribution >= 4 is 15.9 Å². The number of hydrogen-bond donors (Lipinski definition) is 1. The number of carbonyl (C=O) groups is 1. The molecule has 1 fully saturated rings. The van der Waals surface area contributed by atoms with E-state index in [0.29, 0.717) is 38.2 Å². The van der Waals surface area contributed by atoms with Crippen LogP contribution in [0.2, 0.25) is 0 Å². The topological polar surface area (TPSA) is 110 Å². The summed E-state index contributed by atoms with van der Waals surface area (Å²) in [5, 5.41) is 6.99. The summed E-state index contributed by atoms with van der Waals surface area (Å²) in [6, 6.07) is 3.66. The van der Waals surface area contributed by atoms with Crippen molar-refractivity contribution in [3.05, 3.63) is 36.5 Å². The third-order valence-electron chi connectivity index (χ3n) is 4.57. The van der Waals surface area contributed by atoms with Gasteiger partial charge in [0.2, 0.25) is 15.9 Å². The van der Waals surface area contributed by atoms with Gasteiger partial charge in [-0.05, 0) is 25.3 Å². The summed E-state index contributed by atoms with van der Waals surface area (Å²) in [6.45, 7) is 2.87. The molecule has 2 aromatic heterocycles. The number of hydrogen-bond acceptors (Lipinski definition) is 6. The molecule has 0 radical (unpaired) electrons. The predicted molar refractivity (Wildman–Crippen MR) is 99.4 cm³/mol. The molecule has 3 rings (SSSR count). The Bertz CT molecular complexity index is 869. The Balaban J connectivity index is 1.63. The molecule has 3 heterocycles. The van der Waals surface area contributed by atoms with Gasteiger partial charge < -0.3 is 5.32 Å². The molecule has 9 nitrogen and oxygen atoms in total. The lowest BCUT2D eigenvalue weighted by Crippen LogP contribution is -2.46. The number of amides is 1. The number of aromatic nitrogens is 4. The van der Waals surface area contributed by atoms with Crippen LogP contribution in [-0.2, 0) is 21.4 Å². The van der Waals surface area contributed by atoms with Crippen molar-refractivity contribution in [2.24, 2.45) is 5.92 Å². The summed E-state index contributed by atoms with van der Waals surface area (Å²) in [5.74, 6) is 0.251. The van der Waals surface area contributed by atoms with E-state index in [1.165, 1.54) is 10.6 Å². The minimum Gasteiger partial charge on any atom is -0.352 e. The average molecular weight is 392 g/mol. The molecule has 1 amide bonds. The van der Waals surface area contributed by atoms with Gasteiger partial charge in [0, 0.05) is 31.4 Å². The van der Waals surface area contributed by atoms with Crippen molar-refractivity contribution < 1.29 is 13.2 Å². The Kier molecular flexibility index (Phi) is 6.17. The Labute approximate surface area is 158 Å². The van der Waals surface area contributed by atoms with Crippen molar-refractivity contribution in [1.29, 1.82) is 0 Å². The lowest BCUT2D eigenvalue weighted by atomic mass is 9.99. The lowest BCUT2D eigenvalue weighted by Gasteiger charge is -2.31. The molecule has 1 aliphatic heterocycles. The van der Waals surface area contributed by atoms with Crippen LogP contribution in [0.5, 0.6) is 0 Å². The maximum absolute atomic E-state index is 12.6. The van der Waals surface area contributed by atoms with Gasteiger partial charge in [0.15, 0.2) is 5.82 Å². The van der Waals surface area contributed by atoms with Crippen LogP contribution >= 0.6 is 0 Å². The molecular formula is C17H24N6O3S. The number of nitrogens with zero attached hydrogens (tertiary/aromatic N) is 5. The van der Waals surface area contributed by atoms with Gasteiger partial charge >= 0.3 is 0 Å².